The van der Waals surface area contributed by atoms with Gasteiger partial charge in [0.05, 0.1) is 19.9 Å². The van der Waals surface area contributed by atoms with Gasteiger partial charge in [-0.2, -0.15) is 5.26 Å². The Morgan fingerprint density at radius 1 is 1.00 bits per heavy atom. The number of anilines is 1. The SMILES string of the molecule is COc1ccc(OC)c(-c2cc(-c3c[nH]c4ccccc34)nc(N)c2C#N)c1. The molecule has 2 aromatic carbocycles. The molecule has 0 aliphatic heterocycles. The van der Waals surface area contributed by atoms with Crippen molar-refractivity contribution >= 4 is 16.7 Å². The highest BCUT2D eigenvalue weighted by Gasteiger charge is 2.18. The summed E-state index contributed by atoms with van der Waals surface area (Å²) in [6, 6.07) is 17.4. The van der Waals surface area contributed by atoms with Crippen molar-refractivity contribution in [3.63, 3.8) is 0 Å². The molecule has 2 aromatic heterocycles. The summed E-state index contributed by atoms with van der Waals surface area (Å²) in [7, 11) is 3.18. The molecule has 0 fully saturated rings. The lowest BCUT2D eigenvalue weighted by Crippen LogP contribution is -2.01. The molecule has 0 unspecified atom stereocenters. The van der Waals surface area contributed by atoms with Crippen LogP contribution in [-0.4, -0.2) is 24.2 Å². The number of pyridine rings is 1. The van der Waals surface area contributed by atoms with Gasteiger partial charge >= 0.3 is 0 Å². The molecule has 0 saturated carbocycles. The van der Waals surface area contributed by atoms with Crippen LogP contribution >= 0.6 is 0 Å². The lowest BCUT2D eigenvalue weighted by atomic mass is 9.97. The third-order valence-electron chi connectivity index (χ3n) is 4.72. The summed E-state index contributed by atoms with van der Waals surface area (Å²) in [4.78, 5) is 7.73. The first-order chi connectivity index (χ1) is 13.7. The van der Waals surface area contributed by atoms with Crippen LogP contribution in [0.15, 0.2) is 54.7 Å². The number of aromatic nitrogens is 2. The molecule has 6 nitrogen and oxygen atoms in total. The molecule has 0 spiro atoms. The van der Waals surface area contributed by atoms with E-state index in [2.05, 4.69) is 16.0 Å². The Hall–Kier alpha value is -3.98. The van der Waals surface area contributed by atoms with Gasteiger partial charge in [0.1, 0.15) is 28.9 Å². The zero-order valence-electron chi connectivity index (χ0n) is 15.5. The fourth-order valence-corrected chi connectivity index (χ4v) is 3.34. The van der Waals surface area contributed by atoms with Gasteiger partial charge in [0.25, 0.3) is 0 Å². The Balaban J connectivity index is 2.00. The minimum atomic E-state index is 0.171. The average Bonchev–Trinajstić information content (AvgIpc) is 3.17. The molecular formula is C22H18N4O2. The number of hydrogen-bond donors (Lipinski definition) is 2. The zero-order valence-corrected chi connectivity index (χ0v) is 15.5. The van der Waals surface area contributed by atoms with Gasteiger partial charge in [0.2, 0.25) is 0 Å². The van der Waals surface area contributed by atoms with E-state index in [4.69, 9.17) is 15.2 Å². The summed E-state index contributed by atoms with van der Waals surface area (Å²) in [5.74, 6) is 1.45. The second-order valence-corrected chi connectivity index (χ2v) is 6.24. The van der Waals surface area contributed by atoms with Crippen LogP contribution < -0.4 is 15.2 Å². The van der Waals surface area contributed by atoms with Crippen molar-refractivity contribution < 1.29 is 9.47 Å². The fourth-order valence-electron chi connectivity index (χ4n) is 3.34. The van der Waals surface area contributed by atoms with E-state index in [9.17, 15) is 5.26 Å². The third-order valence-corrected chi connectivity index (χ3v) is 4.72. The van der Waals surface area contributed by atoms with Crippen LogP contribution in [0.3, 0.4) is 0 Å². The Kier molecular flexibility index (Phi) is 4.34. The number of nitrogens with two attached hydrogens (primary N) is 1. The summed E-state index contributed by atoms with van der Waals surface area (Å²) in [5, 5.41) is 10.7. The molecule has 0 saturated heterocycles. The Labute approximate surface area is 162 Å². The number of nitrogens with one attached hydrogen (secondary N) is 1. The van der Waals surface area contributed by atoms with Gasteiger partial charge in [-0.25, -0.2) is 4.98 Å². The highest BCUT2D eigenvalue weighted by molar-refractivity contribution is 5.96. The van der Waals surface area contributed by atoms with E-state index in [0.29, 0.717) is 33.9 Å². The number of hydrogen-bond acceptors (Lipinski definition) is 5. The number of fused-ring (bicyclic) bond motifs is 1. The Bertz CT molecular complexity index is 1220. The molecule has 0 bridgehead atoms. The summed E-state index contributed by atoms with van der Waals surface area (Å²) in [5.41, 5.74) is 10.4. The number of ether oxygens (including phenoxy) is 2. The molecule has 138 valence electrons. The molecular weight excluding hydrogens is 352 g/mol. The van der Waals surface area contributed by atoms with Gasteiger partial charge in [-0.15, -0.1) is 0 Å². The first-order valence-electron chi connectivity index (χ1n) is 8.65. The summed E-state index contributed by atoms with van der Waals surface area (Å²) in [6.07, 6.45) is 1.89. The van der Waals surface area contributed by atoms with Gasteiger partial charge in [-0.3, -0.25) is 0 Å². The normalized spacial score (nSPS) is 10.6. The van der Waals surface area contributed by atoms with Crippen molar-refractivity contribution in [2.24, 2.45) is 0 Å². The number of rotatable bonds is 4. The van der Waals surface area contributed by atoms with E-state index in [1.807, 2.05) is 42.6 Å². The van der Waals surface area contributed by atoms with Gasteiger partial charge in [-0.05, 0) is 30.3 Å². The number of para-hydroxylation sites is 1. The molecule has 0 aliphatic carbocycles. The maximum absolute atomic E-state index is 9.70. The smallest absolute Gasteiger partial charge is 0.142 e. The maximum Gasteiger partial charge on any atom is 0.142 e. The molecule has 0 radical (unpaired) electrons. The van der Waals surface area contributed by atoms with Crippen LogP contribution in [0.1, 0.15) is 5.56 Å². The average molecular weight is 370 g/mol. The number of benzene rings is 2. The van der Waals surface area contributed by atoms with Crippen LogP contribution in [0, 0.1) is 11.3 Å². The van der Waals surface area contributed by atoms with E-state index in [-0.39, 0.29) is 5.82 Å². The predicted molar refractivity (Wildman–Crippen MR) is 109 cm³/mol. The number of H-pyrrole nitrogens is 1. The highest BCUT2D eigenvalue weighted by Crippen LogP contribution is 2.39. The van der Waals surface area contributed by atoms with Gasteiger partial charge in [0, 0.05) is 33.8 Å². The Morgan fingerprint density at radius 3 is 2.57 bits per heavy atom. The summed E-state index contributed by atoms with van der Waals surface area (Å²) < 4.78 is 10.9. The van der Waals surface area contributed by atoms with Crippen LogP contribution in [0.25, 0.3) is 33.3 Å². The van der Waals surface area contributed by atoms with E-state index >= 15 is 0 Å². The van der Waals surface area contributed by atoms with E-state index in [1.165, 1.54) is 0 Å². The second-order valence-electron chi connectivity index (χ2n) is 6.24. The predicted octanol–water partition coefficient (Wildman–Crippen LogP) is 4.37. The molecule has 4 rings (SSSR count). The van der Waals surface area contributed by atoms with Gasteiger partial charge < -0.3 is 20.2 Å². The van der Waals surface area contributed by atoms with Crippen LogP contribution in [0.2, 0.25) is 0 Å². The van der Waals surface area contributed by atoms with Gasteiger partial charge in [0.15, 0.2) is 0 Å². The number of methoxy groups -OCH3 is 2. The van der Waals surface area contributed by atoms with Crippen molar-refractivity contribution in [1.29, 1.82) is 5.26 Å². The van der Waals surface area contributed by atoms with Crippen molar-refractivity contribution in [1.82, 2.24) is 9.97 Å². The van der Waals surface area contributed by atoms with Crippen molar-refractivity contribution in [2.45, 2.75) is 0 Å². The minimum Gasteiger partial charge on any atom is -0.497 e. The number of aromatic amines is 1. The summed E-state index contributed by atoms with van der Waals surface area (Å²) in [6.45, 7) is 0. The lowest BCUT2D eigenvalue weighted by Gasteiger charge is -2.14. The quantitative estimate of drug-likeness (QED) is 0.556. The van der Waals surface area contributed by atoms with Gasteiger partial charge in [-0.1, -0.05) is 18.2 Å². The third kappa shape index (κ3) is 2.79. The number of nitrogen functional groups attached to an aromatic ring is 1. The monoisotopic (exact) mass is 370 g/mol. The van der Waals surface area contributed by atoms with Crippen molar-refractivity contribution in [3.8, 4) is 40.0 Å². The number of nitrogens with zero attached hydrogens (tertiary/aromatic N) is 2. The van der Waals surface area contributed by atoms with Crippen LogP contribution in [-0.2, 0) is 0 Å². The minimum absolute atomic E-state index is 0.171. The van der Waals surface area contributed by atoms with Crippen molar-refractivity contribution in [3.05, 3.63) is 60.3 Å². The number of nitriles is 1. The lowest BCUT2D eigenvalue weighted by molar-refractivity contribution is 0.404. The van der Waals surface area contributed by atoms with E-state index in [0.717, 1.165) is 16.5 Å². The first-order valence-corrected chi connectivity index (χ1v) is 8.65. The van der Waals surface area contributed by atoms with Crippen molar-refractivity contribution in [2.75, 3.05) is 20.0 Å². The maximum atomic E-state index is 9.70. The molecule has 6 heteroatoms. The molecule has 4 aromatic rings. The highest BCUT2D eigenvalue weighted by atomic mass is 16.5. The van der Waals surface area contributed by atoms with E-state index < -0.39 is 0 Å². The zero-order chi connectivity index (χ0) is 19.7. The molecule has 2 heterocycles. The van der Waals surface area contributed by atoms with Crippen LogP contribution in [0.4, 0.5) is 5.82 Å². The second kappa shape index (κ2) is 6.97. The van der Waals surface area contributed by atoms with E-state index in [1.54, 1.807) is 26.4 Å². The molecule has 0 atom stereocenters. The first kappa shape index (κ1) is 17.4. The molecule has 28 heavy (non-hydrogen) atoms. The topological polar surface area (TPSA) is 96.9 Å². The standard InChI is InChI=1S/C22H18N4O2/c1-27-13-7-8-21(28-2)16(9-13)15-10-20(26-22(24)17(15)11-23)18-12-25-19-6-4-3-5-14(18)19/h3-10,12,25H,1-2H3,(H2,24,26). The van der Waals surface area contributed by atoms with Crippen LogP contribution in [0.5, 0.6) is 11.5 Å². The molecule has 0 aliphatic rings. The molecule has 3 N–H and O–H groups in total. The summed E-state index contributed by atoms with van der Waals surface area (Å²) >= 11 is 0. The molecule has 0 amide bonds. The fraction of sp³-hybridized carbons (Fsp3) is 0.0909. The Morgan fingerprint density at radius 2 is 1.82 bits per heavy atom. The largest absolute Gasteiger partial charge is 0.497 e.